The Morgan fingerprint density at radius 3 is 2.63 bits per heavy atom. The van der Waals surface area contributed by atoms with Crippen molar-refractivity contribution in [2.24, 2.45) is 0 Å². The summed E-state index contributed by atoms with van der Waals surface area (Å²) in [5.74, 6) is -0.159. The number of aromatic nitrogens is 1. The quantitative estimate of drug-likeness (QED) is 0.550. The molecule has 0 spiro atoms. The van der Waals surface area contributed by atoms with Crippen LogP contribution in [0.3, 0.4) is 0 Å². The Morgan fingerprint density at radius 2 is 1.93 bits per heavy atom. The van der Waals surface area contributed by atoms with Crippen molar-refractivity contribution in [1.82, 2.24) is 9.47 Å². The minimum absolute atomic E-state index is 0.210. The number of phenols is 1. The molecule has 0 saturated carbocycles. The standard InChI is InChI=1S/C24H27ClN2O3/c1-3-30-24(29)22-16(2)27(18-9-7-8-17(25)14-18)20-10-11-21(28)19(23(20)22)15-26-12-5-4-6-13-26/h7-11,14,28H,3-6,12-13,15H2,1-2H3. The van der Waals surface area contributed by atoms with E-state index in [1.807, 2.05) is 41.8 Å². The maximum atomic E-state index is 13.0. The molecule has 0 unspecified atom stereocenters. The highest BCUT2D eigenvalue weighted by Gasteiger charge is 2.26. The third kappa shape index (κ3) is 3.80. The number of likely N-dealkylation sites (tertiary alicyclic amines) is 1. The molecule has 0 radical (unpaired) electrons. The summed E-state index contributed by atoms with van der Waals surface area (Å²) in [5.41, 5.74) is 3.80. The number of halogens is 1. The number of benzene rings is 2. The smallest absolute Gasteiger partial charge is 0.340 e. The van der Waals surface area contributed by atoms with Gasteiger partial charge in [0.25, 0.3) is 0 Å². The van der Waals surface area contributed by atoms with Gasteiger partial charge in [0.05, 0.1) is 17.7 Å². The van der Waals surface area contributed by atoms with Gasteiger partial charge >= 0.3 is 5.97 Å². The van der Waals surface area contributed by atoms with Crippen molar-refractivity contribution in [1.29, 1.82) is 0 Å². The van der Waals surface area contributed by atoms with E-state index in [1.165, 1.54) is 6.42 Å². The summed E-state index contributed by atoms with van der Waals surface area (Å²) in [5, 5.41) is 12.2. The fraction of sp³-hybridized carbons (Fsp3) is 0.375. The van der Waals surface area contributed by atoms with Crippen LogP contribution in [0.4, 0.5) is 0 Å². The second-order valence-electron chi connectivity index (χ2n) is 7.79. The fourth-order valence-electron chi connectivity index (χ4n) is 4.47. The van der Waals surface area contributed by atoms with E-state index < -0.39 is 0 Å². The molecule has 1 aromatic heterocycles. The van der Waals surface area contributed by atoms with Gasteiger partial charge in [-0.1, -0.05) is 24.1 Å². The molecule has 5 nitrogen and oxygen atoms in total. The van der Waals surface area contributed by atoms with Gasteiger partial charge in [-0.05, 0) is 70.1 Å². The van der Waals surface area contributed by atoms with Gasteiger partial charge in [0.15, 0.2) is 0 Å². The van der Waals surface area contributed by atoms with Gasteiger partial charge in [-0.25, -0.2) is 4.79 Å². The minimum Gasteiger partial charge on any atom is -0.508 e. The van der Waals surface area contributed by atoms with Crippen LogP contribution >= 0.6 is 11.6 Å². The van der Waals surface area contributed by atoms with Gasteiger partial charge in [0, 0.05) is 33.9 Å². The van der Waals surface area contributed by atoms with Crippen molar-refractivity contribution >= 4 is 28.5 Å². The average molecular weight is 427 g/mol. The van der Waals surface area contributed by atoms with E-state index in [1.54, 1.807) is 13.0 Å². The number of hydrogen-bond acceptors (Lipinski definition) is 4. The normalized spacial score (nSPS) is 14.9. The highest BCUT2D eigenvalue weighted by Crippen LogP contribution is 2.37. The van der Waals surface area contributed by atoms with Crippen LogP contribution in [0.15, 0.2) is 36.4 Å². The molecule has 3 aromatic rings. The van der Waals surface area contributed by atoms with Crippen molar-refractivity contribution in [3.05, 3.63) is 58.2 Å². The summed E-state index contributed by atoms with van der Waals surface area (Å²) >= 11 is 6.25. The highest BCUT2D eigenvalue weighted by atomic mass is 35.5. The Kier molecular flexibility index (Phi) is 6.02. The molecule has 1 fully saturated rings. The van der Waals surface area contributed by atoms with Crippen molar-refractivity contribution in [3.63, 3.8) is 0 Å². The third-order valence-corrected chi connectivity index (χ3v) is 6.07. The largest absolute Gasteiger partial charge is 0.508 e. The maximum absolute atomic E-state index is 13.0. The summed E-state index contributed by atoms with van der Waals surface area (Å²) in [6.07, 6.45) is 3.55. The van der Waals surface area contributed by atoms with Crippen LogP contribution in [0.2, 0.25) is 5.02 Å². The molecule has 30 heavy (non-hydrogen) atoms. The van der Waals surface area contributed by atoms with Crippen LogP contribution in [0.5, 0.6) is 5.75 Å². The summed E-state index contributed by atoms with van der Waals surface area (Å²) < 4.78 is 7.42. The van der Waals surface area contributed by atoms with Crippen molar-refractivity contribution in [3.8, 4) is 11.4 Å². The molecular formula is C24H27ClN2O3. The Bertz CT molecular complexity index is 1080. The highest BCUT2D eigenvalue weighted by molar-refractivity contribution is 6.30. The lowest BCUT2D eigenvalue weighted by molar-refractivity contribution is 0.0527. The predicted octanol–water partition coefficient (Wildman–Crippen LogP) is 5.46. The maximum Gasteiger partial charge on any atom is 0.340 e. The number of nitrogens with zero attached hydrogens (tertiary/aromatic N) is 2. The Balaban J connectivity index is 1.96. The van der Waals surface area contributed by atoms with Crippen molar-refractivity contribution < 1.29 is 14.6 Å². The summed E-state index contributed by atoms with van der Waals surface area (Å²) in [4.78, 5) is 15.3. The Labute approximate surface area is 181 Å². The van der Waals surface area contributed by atoms with E-state index in [0.29, 0.717) is 23.7 Å². The molecule has 1 N–H and O–H groups in total. The number of rotatable bonds is 5. The van der Waals surface area contributed by atoms with Crippen LogP contribution in [0.1, 0.15) is 47.8 Å². The molecule has 2 aromatic carbocycles. The van der Waals surface area contributed by atoms with E-state index in [-0.39, 0.29) is 11.7 Å². The molecule has 1 aliphatic rings. The van der Waals surface area contributed by atoms with Gasteiger partial charge in [-0.15, -0.1) is 0 Å². The van der Waals surface area contributed by atoms with Gasteiger partial charge < -0.3 is 14.4 Å². The van der Waals surface area contributed by atoms with Crippen LogP contribution in [-0.4, -0.2) is 40.2 Å². The first-order chi connectivity index (χ1) is 14.5. The van der Waals surface area contributed by atoms with E-state index in [2.05, 4.69) is 4.90 Å². The average Bonchev–Trinajstić information content (AvgIpc) is 3.03. The van der Waals surface area contributed by atoms with Crippen molar-refractivity contribution in [2.75, 3.05) is 19.7 Å². The molecule has 0 bridgehead atoms. The van der Waals surface area contributed by atoms with Gasteiger partial charge in [-0.3, -0.25) is 4.90 Å². The van der Waals surface area contributed by atoms with E-state index in [0.717, 1.165) is 53.8 Å². The molecule has 2 heterocycles. The van der Waals surface area contributed by atoms with E-state index in [4.69, 9.17) is 16.3 Å². The first kappa shape index (κ1) is 20.8. The van der Waals surface area contributed by atoms with Crippen LogP contribution < -0.4 is 0 Å². The van der Waals surface area contributed by atoms with Gasteiger partial charge in [0.1, 0.15) is 5.75 Å². The first-order valence-electron chi connectivity index (χ1n) is 10.5. The number of piperidine rings is 1. The van der Waals surface area contributed by atoms with Crippen molar-refractivity contribution in [2.45, 2.75) is 39.7 Å². The number of fused-ring (bicyclic) bond motifs is 1. The van der Waals surface area contributed by atoms with Crippen LogP contribution in [-0.2, 0) is 11.3 Å². The summed E-state index contributed by atoms with van der Waals surface area (Å²) in [7, 11) is 0. The molecule has 1 aliphatic heterocycles. The number of carbonyl (C=O) groups excluding carboxylic acids is 1. The lowest BCUT2D eigenvalue weighted by atomic mass is 10.0. The van der Waals surface area contributed by atoms with Gasteiger partial charge in [-0.2, -0.15) is 0 Å². The second-order valence-corrected chi connectivity index (χ2v) is 8.23. The fourth-order valence-corrected chi connectivity index (χ4v) is 4.65. The summed E-state index contributed by atoms with van der Waals surface area (Å²) in [6, 6.07) is 11.1. The minimum atomic E-state index is -0.369. The number of phenolic OH excluding ortho intramolecular Hbond substituents is 1. The molecule has 6 heteroatoms. The molecular weight excluding hydrogens is 400 g/mol. The Hall–Kier alpha value is -2.50. The zero-order valence-corrected chi connectivity index (χ0v) is 18.2. The molecule has 0 aliphatic carbocycles. The lowest BCUT2D eigenvalue weighted by Crippen LogP contribution is -2.29. The lowest BCUT2D eigenvalue weighted by Gasteiger charge is -2.27. The second kappa shape index (κ2) is 8.70. The van der Waals surface area contributed by atoms with E-state index >= 15 is 0 Å². The zero-order chi connectivity index (χ0) is 21.3. The third-order valence-electron chi connectivity index (χ3n) is 5.83. The molecule has 0 amide bonds. The van der Waals surface area contributed by atoms with Gasteiger partial charge in [0.2, 0.25) is 0 Å². The molecule has 158 valence electrons. The Morgan fingerprint density at radius 1 is 1.17 bits per heavy atom. The number of ether oxygens (including phenoxy) is 1. The molecule has 4 rings (SSSR count). The number of aromatic hydroxyl groups is 1. The van der Waals surface area contributed by atoms with Crippen LogP contribution in [0.25, 0.3) is 16.6 Å². The first-order valence-corrected chi connectivity index (χ1v) is 10.9. The topological polar surface area (TPSA) is 54.7 Å². The molecule has 1 saturated heterocycles. The number of esters is 1. The molecule has 0 atom stereocenters. The SMILES string of the molecule is CCOC(=O)c1c(C)n(-c2cccc(Cl)c2)c2ccc(O)c(CN3CCCCC3)c12. The van der Waals surface area contributed by atoms with Crippen LogP contribution in [0, 0.1) is 6.92 Å². The number of hydrogen-bond donors (Lipinski definition) is 1. The monoisotopic (exact) mass is 426 g/mol. The van der Waals surface area contributed by atoms with E-state index in [9.17, 15) is 9.90 Å². The summed E-state index contributed by atoms with van der Waals surface area (Å²) in [6.45, 7) is 6.61. The predicted molar refractivity (Wildman–Crippen MR) is 120 cm³/mol. The number of carbonyl (C=O) groups is 1. The zero-order valence-electron chi connectivity index (χ0n) is 17.4.